The Morgan fingerprint density at radius 2 is 1.77 bits per heavy atom. The molecule has 3 heterocycles. The highest BCUT2D eigenvalue weighted by Crippen LogP contribution is 2.36. The van der Waals surface area contributed by atoms with Crippen LogP contribution in [-0.2, 0) is 33.3 Å². The molecule has 1 aliphatic heterocycles. The molecule has 3 rings (SSSR count). The van der Waals surface area contributed by atoms with Crippen LogP contribution in [0.3, 0.4) is 0 Å². The Balaban J connectivity index is 2.08. The number of fused-ring (bicyclic) bond motifs is 1. The minimum atomic E-state index is -1.27. The number of nitrogens with zero attached hydrogens (tertiary/aromatic N) is 2. The molecule has 1 fully saturated rings. The van der Waals surface area contributed by atoms with Gasteiger partial charge in [-0.3, -0.25) is 33.5 Å². The lowest BCUT2D eigenvalue weighted by Crippen LogP contribution is -2.40. The standard InChI is InChI=1S/C17H20N4O9S/c1-6(22)27-5-4-9-10(28-7(2)23)11(29-8(3)24)15(30-9)21-13-12(31-17(21)26)14(25)20-16(18)19-13/h9-11,15H,4-5H2,1-3H3,(H3,18,19,20,25)/t9-,10-,11-,15-/m1/s1. The molecule has 13 nitrogen and oxygen atoms in total. The summed E-state index contributed by atoms with van der Waals surface area (Å²) in [6, 6.07) is 0. The fourth-order valence-electron chi connectivity index (χ4n) is 3.29. The fraction of sp³-hybridized carbons (Fsp3) is 0.529. The van der Waals surface area contributed by atoms with E-state index in [1.165, 1.54) is 6.92 Å². The van der Waals surface area contributed by atoms with Crippen molar-refractivity contribution in [3.05, 3.63) is 20.0 Å². The lowest BCUT2D eigenvalue weighted by molar-refractivity contribution is -0.165. The predicted molar refractivity (Wildman–Crippen MR) is 105 cm³/mol. The van der Waals surface area contributed by atoms with Gasteiger partial charge in [-0.25, -0.2) is 0 Å². The van der Waals surface area contributed by atoms with Gasteiger partial charge in [0.15, 0.2) is 24.1 Å². The minimum Gasteiger partial charge on any atom is -0.466 e. The molecule has 0 aliphatic carbocycles. The molecule has 2 aromatic heterocycles. The zero-order valence-corrected chi connectivity index (χ0v) is 17.6. The van der Waals surface area contributed by atoms with Crippen LogP contribution in [0.4, 0.5) is 5.95 Å². The SMILES string of the molecule is CC(=O)OCC[C@H]1O[C@@H](n2c(=O)sc3c(=O)[nH]c(N)nc32)[C@H](OC(C)=O)[C@@H]1OC(C)=O. The first-order valence-corrected chi connectivity index (χ1v) is 9.94. The zero-order valence-electron chi connectivity index (χ0n) is 16.8. The van der Waals surface area contributed by atoms with Gasteiger partial charge < -0.3 is 24.7 Å². The van der Waals surface area contributed by atoms with Crippen molar-refractivity contribution in [1.29, 1.82) is 0 Å². The smallest absolute Gasteiger partial charge is 0.311 e. The van der Waals surface area contributed by atoms with Gasteiger partial charge in [-0.05, 0) is 0 Å². The van der Waals surface area contributed by atoms with Crippen LogP contribution < -0.4 is 16.2 Å². The number of nitrogen functional groups attached to an aromatic ring is 1. The van der Waals surface area contributed by atoms with Crippen LogP contribution in [0.25, 0.3) is 10.3 Å². The first-order valence-electron chi connectivity index (χ1n) is 9.12. The summed E-state index contributed by atoms with van der Waals surface area (Å²) in [5.41, 5.74) is 4.92. The summed E-state index contributed by atoms with van der Waals surface area (Å²) in [7, 11) is 0. The third kappa shape index (κ3) is 4.74. The number of nitrogens with two attached hydrogens (primary N) is 1. The van der Waals surface area contributed by atoms with Crippen LogP contribution in [0, 0.1) is 0 Å². The number of hydrogen-bond acceptors (Lipinski definition) is 12. The largest absolute Gasteiger partial charge is 0.466 e. The summed E-state index contributed by atoms with van der Waals surface area (Å²) >= 11 is 0.608. The number of hydrogen-bond donors (Lipinski definition) is 2. The van der Waals surface area contributed by atoms with Gasteiger partial charge in [0.05, 0.1) is 6.61 Å². The van der Waals surface area contributed by atoms with E-state index in [4.69, 9.17) is 24.7 Å². The van der Waals surface area contributed by atoms with Gasteiger partial charge in [-0.1, -0.05) is 11.3 Å². The Kier molecular flexibility index (Phi) is 6.40. The number of aromatic amines is 1. The average molecular weight is 456 g/mol. The molecule has 168 valence electrons. The molecule has 1 aliphatic rings. The summed E-state index contributed by atoms with van der Waals surface area (Å²) in [6.45, 7) is 3.47. The molecule has 3 N–H and O–H groups in total. The maximum Gasteiger partial charge on any atom is 0.311 e. The van der Waals surface area contributed by atoms with Gasteiger partial charge in [0.1, 0.15) is 10.8 Å². The molecule has 0 bridgehead atoms. The van der Waals surface area contributed by atoms with Gasteiger partial charge >= 0.3 is 22.8 Å². The minimum absolute atomic E-state index is 0.00299. The number of esters is 3. The van der Waals surface area contributed by atoms with E-state index in [0.717, 1.165) is 18.4 Å². The summed E-state index contributed by atoms with van der Waals surface area (Å²) in [5.74, 6) is -2.14. The number of H-pyrrole nitrogens is 1. The Hall–Kier alpha value is -3.26. The van der Waals surface area contributed by atoms with E-state index < -0.39 is 52.9 Å². The van der Waals surface area contributed by atoms with E-state index in [9.17, 15) is 24.0 Å². The molecule has 0 spiro atoms. The van der Waals surface area contributed by atoms with Crippen LogP contribution in [0.2, 0.25) is 0 Å². The number of rotatable bonds is 6. The average Bonchev–Trinajstić information content (AvgIpc) is 3.12. The van der Waals surface area contributed by atoms with Crippen molar-refractivity contribution < 1.29 is 33.3 Å². The first kappa shape index (κ1) is 22.4. The van der Waals surface area contributed by atoms with Crippen molar-refractivity contribution in [2.75, 3.05) is 12.3 Å². The number of thiazole rings is 1. The molecule has 0 saturated carbocycles. The van der Waals surface area contributed by atoms with Crippen LogP contribution >= 0.6 is 11.3 Å². The van der Waals surface area contributed by atoms with Gasteiger partial charge in [-0.2, -0.15) is 4.98 Å². The summed E-state index contributed by atoms with van der Waals surface area (Å²) in [4.78, 5) is 65.1. The van der Waals surface area contributed by atoms with Crippen molar-refractivity contribution in [2.45, 2.75) is 51.7 Å². The van der Waals surface area contributed by atoms with E-state index in [0.29, 0.717) is 11.3 Å². The monoisotopic (exact) mass is 456 g/mol. The Labute approximate surface area is 178 Å². The van der Waals surface area contributed by atoms with Crippen molar-refractivity contribution in [3.63, 3.8) is 0 Å². The van der Waals surface area contributed by atoms with E-state index in [1.54, 1.807) is 0 Å². The second-order valence-corrected chi connectivity index (χ2v) is 7.65. The highest BCUT2D eigenvalue weighted by molar-refractivity contribution is 7.16. The van der Waals surface area contributed by atoms with Crippen LogP contribution in [-0.4, -0.2) is 57.4 Å². The van der Waals surface area contributed by atoms with Crippen molar-refractivity contribution in [2.24, 2.45) is 0 Å². The van der Waals surface area contributed by atoms with Crippen LogP contribution in [0.1, 0.15) is 33.4 Å². The van der Waals surface area contributed by atoms with Crippen LogP contribution in [0.5, 0.6) is 0 Å². The predicted octanol–water partition coefficient (Wildman–Crippen LogP) is -0.557. The Morgan fingerprint density at radius 3 is 2.39 bits per heavy atom. The number of aromatic nitrogens is 3. The fourth-order valence-corrected chi connectivity index (χ4v) is 4.13. The van der Waals surface area contributed by atoms with E-state index in [-0.39, 0.29) is 29.3 Å². The maximum atomic E-state index is 12.7. The van der Waals surface area contributed by atoms with E-state index in [2.05, 4.69) is 9.97 Å². The van der Waals surface area contributed by atoms with Gasteiger partial charge in [-0.15, -0.1) is 0 Å². The van der Waals surface area contributed by atoms with E-state index >= 15 is 0 Å². The second kappa shape index (κ2) is 8.85. The summed E-state index contributed by atoms with van der Waals surface area (Å²) in [5, 5.41) is 0. The molecule has 4 atom stereocenters. The molecular weight excluding hydrogens is 436 g/mol. The maximum absolute atomic E-state index is 12.7. The normalized spacial score (nSPS) is 22.9. The van der Waals surface area contributed by atoms with E-state index in [1.807, 2.05) is 0 Å². The van der Waals surface area contributed by atoms with Gasteiger partial charge in [0.25, 0.3) is 5.56 Å². The molecule has 14 heteroatoms. The molecule has 0 unspecified atom stereocenters. The quantitative estimate of drug-likeness (QED) is 0.420. The molecule has 0 aromatic carbocycles. The van der Waals surface area contributed by atoms with Gasteiger partial charge in [0, 0.05) is 27.2 Å². The topological polar surface area (TPSA) is 182 Å². The number of nitrogens with one attached hydrogen (secondary N) is 1. The molecule has 2 aromatic rings. The molecule has 0 radical (unpaired) electrons. The highest BCUT2D eigenvalue weighted by atomic mass is 32.1. The number of anilines is 1. The lowest BCUT2D eigenvalue weighted by atomic mass is 10.1. The molecule has 0 amide bonds. The van der Waals surface area contributed by atoms with Crippen molar-refractivity contribution in [3.8, 4) is 0 Å². The van der Waals surface area contributed by atoms with Crippen molar-refractivity contribution >= 4 is 45.5 Å². The third-order valence-electron chi connectivity index (χ3n) is 4.34. The van der Waals surface area contributed by atoms with Crippen molar-refractivity contribution in [1.82, 2.24) is 14.5 Å². The zero-order chi connectivity index (χ0) is 22.9. The second-order valence-electron chi connectivity index (χ2n) is 6.68. The summed E-state index contributed by atoms with van der Waals surface area (Å²) < 4.78 is 22.5. The van der Waals surface area contributed by atoms with Crippen LogP contribution in [0.15, 0.2) is 9.59 Å². The Morgan fingerprint density at radius 1 is 1.13 bits per heavy atom. The number of ether oxygens (including phenoxy) is 4. The highest BCUT2D eigenvalue weighted by Gasteiger charge is 2.51. The molecular formula is C17H20N4O9S. The number of carbonyl (C=O) groups is 3. The summed E-state index contributed by atoms with van der Waals surface area (Å²) in [6.07, 6.45) is -4.42. The lowest BCUT2D eigenvalue weighted by Gasteiger charge is -2.23. The first-order chi connectivity index (χ1) is 14.6. The number of carbonyl (C=O) groups excluding carboxylic acids is 3. The molecule has 1 saturated heterocycles. The molecule has 31 heavy (non-hydrogen) atoms. The van der Waals surface area contributed by atoms with Gasteiger partial charge in [0.2, 0.25) is 5.95 Å². The Bertz CT molecular complexity index is 1140. The third-order valence-corrected chi connectivity index (χ3v) is 5.29.